The van der Waals surface area contributed by atoms with Crippen molar-refractivity contribution in [1.29, 1.82) is 0 Å². The smallest absolute Gasteiger partial charge is 0.203 e. The number of methoxy groups -OCH3 is 3. The van der Waals surface area contributed by atoms with Gasteiger partial charge in [-0.15, -0.1) is 0 Å². The van der Waals surface area contributed by atoms with Gasteiger partial charge in [-0.05, 0) is 47.9 Å². The van der Waals surface area contributed by atoms with Gasteiger partial charge in [0.25, 0.3) is 0 Å². The number of allylic oxidation sites excluding steroid dienone is 1. The van der Waals surface area contributed by atoms with Crippen molar-refractivity contribution in [2.24, 2.45) is 0 Å². The summed E-state index contributed by atoms with van der Waals surface area (Å²) in [5.41, 5.74) is 2.57. The topological polar surface area (TPSA) is 61.1 Å². The molecule has 0 atom stereocenters. The van der Waals surface area contributed by atoms with E-state index in [1.54, 1.807) is 39.7 Å². The highest BCUT2D eigenvalue weighted by molar-refractivity contribution is 5.84. The third-order valence-electron chi connectivity index (χ3n) is 3.96. The van der Waals surface area contributed by atoms with E-state index in [0.29, 0.717) is 29.3 Å². The van der Waals surface area contributed by atoms with Crippen LogP contribution < -0.4 is 14.2 Å². The van der Waals surface area contributed by atoms with E-state index in [0.717, 1.165) is 16.5 Å². The van der Waals surface area contributed by atoms with E-state index in [9.17, 15) is 5.11 Å². The van der Waals surface area contributed by atoms with E-state index in [-0.39, 0.29) is 5.75 Å². The molecule has 0 fully saturated rings. The first-order chi connectivity index (χ1) is 12.2. The largest absolute Gasteiger partial charge is 0.507 e. The van der Waals surface area contributed by atoms with Crippen LogP contribution in [0.1, 0.15) is 11.1 Å². The van der Waals surface area contributed by atoms with Crippen LogP contribution in [0.15, 0.2) is 47.1 Å². The standard InChI is InChI=1S/C20H20O5/c1-22-18-11-14(12-19(23-2)20(18)24-3)6-4-5-13-9-16(21)15-7-8-25-17(15)10-13/h4,6-12,21H,5H2,1-3H3/b6-4+. The average molecular weight is 340 g/mol. The Bertz CT molecular complexity index is 883. The van der Waals surface area contributed by atoms with Crippen LogP contribution in [0.25, 0.3) is 17.0 Å². The van der Waals surface area contributed by atoms with E-state index in [1.807, 2.05) is 30.4 Å². The van der Waals surface area contributed by atoms with Crippen molar-refractivity contribution in [3.05, 3.63) is 53.8 Å². The van der Waals surface area contributed by atoms with Crippen LogP contribution in [0.4, 0.5) is 0 Å². The van der Waals surface area contributed by atoms with E-state index in [1.165, 1.54) is 0 Å². The molecule has 3 aromatic rings. The lowest BCUT2D eigenvalue weighted by molar-refractivity contribution is 0.324. The molecule has 0 aliphatic heterocycles. The van der Waals surface area contributed by atoms with E-state index in [2.05, 4.69) is 0 Å². The van der Waals surface area contributed by atoms with Gasteiger partial charge < -0.3 is 23.7 Å². The van der Waals surface area contributed by atoms with Gasteiger partial charge >= 0.3 is 0 Å². The van der Waals surface area contributed by atoms with E-state index in [4.69, 9.17) is 18.6 Å². The summed E-state index contributed by atoms with van der Waals surface area (Å²) in [4.78, 5) is 0. The number of aromatic hydroxyl groups is 1. The highest BCUT2D eigenvalue weighted by Gasteiger charge is 2.12. The summed E-state index contributed by atoms with van der Waals surface area (Å²) in [6.45, 7) is 0. The molecule has 5 heteroatoms. The highest BCUT2D eigenvalue weighted by Crippen LogP contribution is 2.38. The quantitative estimate of drug-likeness (QED) is 0.720. The Morgan fingerprint density at radius 3 is 2.36 bits per heavy atom. The van der Waals surface area contributed by atoms with Crippen molar-refractivity contribution < 1.29 is 23.7 Å². The third kappa shape index (κ3) is 3.40. The van der Waals surface area contributed by atoms with Crippen molar-refractivity contribution in [1.82, 2.24) is 0 Å². The molecule has 0 bridgehead atoms. The summed E-state index contributed by atoms with van der Waals surface area (Å²) in [6.07, 6.45) is 6.19. The zero-order chi connectivity index (χ0) is 17.8. The number of rotatable bonds is 6. The number of hydrogen-bond acceptors (Lipinski definition) is 5. The van der Waals surface area contributed by atoms with Crippen LogP contribution in [0.2, 0.25) is 0 Å². The Hall–Kier alpha value is -3.08. The van der Waals surface area contributed by atoms with Crippen molar-refractivity contribution in [2.45, 2.75) is 6.42 Å². The first-order valence-electron chi connectivity index (χ1n) is 7.82. The minimum atomic E-state index is 0.224. The van der Waals surface area contributed by atoms with Crippen LogP contribution in [0, 0.1) is 0 Å². The van der Waals surface area contributed by atoms with Gasteiger partial charge in [0, 0.05) is 0 Å². The summed E-state index contributed by atoms with van der Waals surface area (Å²) >= 11 is 0. The second-order valence-corrected chi connectivity index (χ2v) is 5.51. The Morgan fingerprint density at radius 1 is 1.00 bits per heavy atom. The Labute approximate surface area is 146 Å². The summed E-state index contributed by atoms with van der Waals surface area (Å²) in [5.74, 6) is 2.00. The molecule has 5 nitrogen and oxygen atoms in total. The van der Waals surface area contributed by atoms with Crippen molar-refractivity contribution >= 4 is 17.0 Å². The number of furan rings is 1. The lowest BCUT2D eigenvalue weighted by Crippen LogP contribution is -1.95. The molecule has 0 amide bonds. The molecule has 1 N–H and O–H groups in total. The summed E-state index contributed by atoms with van der Waals surface area (Å²) in [5, 5.41) is 10.7. The summed E-state index contributed by atoms with van der Waals surface area (Å²) in [6, 6.07) is 9.18. The SMILES string of the molecule is COc1cc(/C=C/Cc2cc(O)c3ccoc3c2)cc(OC)c1OC. The number of phenols is 1. The molecule has 0 unspecified atom stereocenters. The minimum Gasteiger partial charge on any atom is -0.507 e. The normalized spacial score (nSPS) is 11.2. The molecular formula is C20H20O5. The number of fused-ring (bicyclic) bond motifs is 1. The van der Waals surface area contributed by atoms with Crippen LogP contribution in [-0.2, 0) is 6.42 Å². The zero-order valence-corrected chi connectivity index (χ0v) is 14.4. The molecule has 0 saturated carbocycles. The Morgan fingerprint density at radius 2 is 1.72 bits per heavy atom. The molecule has 0 radical (unpaired) electrons. The maximum atomic E-state index is 10.0. The lowest BCUT2D eigenvalue weighted by atomic mass is 10.1. The lowest BCUT2D eigenvalue weighted by Gasteiger charge is -2.12. The second-order valence-electron chi connectivity index (χ2n) is 5.51. The predicted molar refractivity (Wildman–Crippen MR) is 96.7 cm³/mol. The van der Waals surface area contributed by atoms with Crippen LogP contribution in [-0.4, -0.2) is 26.4 Å². The molecule has 0 aliphatic rings. The van der Waals surface area contributed by atoms with Gasteiger partial charge in [0.1, 0.15) is 11.3 Å². The molecule has 0 saturated heterocycles. The van der Waals surface area contributed by atoms with Gasteiger partial charge in [-0.25, -0.2) is 0 Å². The number of phenolic OH excluding ortho intramolecular Hbond substituents is 1. The molecule has 130 valence electrons. The van der Waals surface area contributed by atoms with Crippen molar-refractivity contribution in [2.75, 3.05) is 21.3 Å². The fraction of sp³-hybridized carbons (Fsp3) is 0.200. The van der Waals surface area contributed by atoms with Crippen LogP contribution in [0.5, 0.6) is 23.0 Å². The summed E-state index contributed by atoms with van der Waals surface area (Å²) in [7, 11) is 4.76. The molecule has 0 aliphatic carbocycles. The van der Waals surface area contributed by atoms with Crippen LogP contribution >= 0.6 is 0 Å². The zero-order valence-electron chi connectivity index (χ0n) is 14.4. The van der Waals surface area contributed by atoms with Gasteiger partial charge in [-0.1, -0.05) is 12.2 Å². The fourth-order valence-electron chi connectivity index (χ4n) is 2.75. The van der Waals surface area contributed by atoms with Gasteiger partial charge in [0.05, 0.1) is 33.0 Å². The number of ether oxygens (including phenoxy) is 3. The fourth-order valence-corrected chi connectivity index (χ4v) is 2.75. The number of hydrogen-bond donors (Lipinski definition) is 1. The Balaban J connectivity index is 1.83. The molecule has 0 spiro atoms. The minimum absolute atomic E-state index is 0.224. The second kappa shape index (κ2) is 7.21. The van der Waals surface area contributed by atoms with Gasteiger partial charge in [-0.2, -0.15) is 0 Å². The predicted octanol–water partition coefficient (Wildman–Crippen LogP) is 4.42. The molecule has 2 aromatic carbocycles. The van der Waals surface area contributed by atoms with E-state index < -0.39 is 0 Å². The highest BCUT2D eigenvalue weighted by atomic mass is 16.5. The molecule has 25 heavy (non-hydrogen) atoms. The van der Waals surface area contributed by atoms with Gasteiger partial charge in [-0.3, -0.25) is 0 Å². The monoisotopic (exact) mass is 340 g/mol. The maximum Gasteiger partial charge on any atom is 0.203 e. The summed E-state index contributed by atoms with van der Waals surface area (Å²) < 4.78 is 21.4. The van der Waals surface area contributed by atoms with Gasteiger partial charge in [0.15, 0.2) is 11.5 Å². The van der Waals surface area contributed by atoms with Crippen molar-refractivity contribution in [3.63, 3.8) is 0 Å². The molecule has 1 aromatic heterocycles. The third-order valence-corrected chi connectivity index (χ3v) is 3.96. The Kier molecular flexibility index (Phi) is 4.84. The maximum absolute atomic E-state index is 10.0. The first kappa shape index (κ1) is 16.8. The van der Waals surface area contributed by atoms with Crippen molar-refractivity contribution in [3.8, 4) is 23.0 Å². The van der Waals surface area contributed by atoms with Crippen LogP contribution in [0.3, 0.4) is 0 Å². The number of benzene rings is 2. The average Bonchev–Trinajstić information content (AvgIpc) is 3.10. The molecule has 1 heterocycles. The molecule has 3 rings (SSSR count). The first-order valence-corrected chi connectivity index (χ1v) is 7.82. The van der Waals surface area contributed by atoms with E-state index >= 15 is 0 Å². The molecular weight excluding hydrogens is 320 g/mol. The van der Waals surface area contributed by atoms with Gasteiger partial charge in [0.2, 0.25) is 5.75 Å².